The SMILES string of the molecule is C[C@H]1CCCN(c2cc(Cl)nc(NC(=S)NCC3(c4ccccc4)CCOCC3)n2)C1. The van der Waals surface area contributed by atoms with Crippen LogP contribution in [0.25, 0.3) is 0 Å². The summed E-state index contributed by atoms with van der Waals surface area (Å²) >= 11 is 11.9. The normalized spacial score (nSPS) is 20.8. The highest BCUT2D eigenvalue weighted by atomic mass is 35.5. The van der Waals surface area contributed by atoms with Crippen molar-refractivity contribution in [2.45, 2.75) is 38.0 Å². The number of piperidine rings is 1. The van der Waals surface area contributed by atoms with E-state index in [1.807, 2.05) is 12.1 Å². The zero-order valence-electron chi connectivity index (χ0n) is 17.9. The predicted octanol–water partition coefficient (Wildman–Crippen LogP) is 4.40. The number of anilines is 2. The van der Waals surface area contributed by atoms with Crippen LogP contribution < -0.4 is 15.5 Å². The first-order chi connectivity index (χ1) is 15.0. The van der Waals surface area contributed by atoms with Crippen LogP contribution in [-0.4, -0.2) is 47.9 Å². The Hall–Kier alpha value is -1.96. The van der Waals surface area contributed by atoms with Crippen molar-refractivity contribution >= 4 is 40.7 Å². The van der Waals surface area contributed by atoms with Crippen LogP contribution in [0.1, 0.15) is 38.2 Å². The summed E-state index contributed by atoms with van der Waals surface area (Å²) in [6.07, 6.45) is 4.33. The monoisotopic (exact) mass is 459 g/mol. The number of hydrogen-bond donors (Lipinski definition) is 2. The molecule has 2 aliphatic heterocycles. The minimum Gasteiger partial charge on any atom is -0.381 e. The van der Waals surface area contributed by atoms with Crippen LogP contribution in [0.3, 0.4) is 0 Å². The molecule has 2 N–H and O–H groups in total. The van der Waals surface area contributed by atoms with Gasteiger partial charge in [-0.15, -0.1) is 0 Å². The van der Waals surface area contributed by atoms with E-state index in [1.165, 1.54) is 12.0 Å². The predicted molar refractivity (Wildman–Crippen MR) is 130 cm³/mol. The van der Waals surface area contributed by atoms with Gasteiger partial charge in [-0.3, -0.25) is 0 Å². The molecule has 0 unspecified atom stereocenters. The number of hydrogen-bond acceptors (Lipinski definition) is 5. The summed E-state index contributed by atoms with van der Waals surface area (Å²) in [5.41, 5.74) is 1.31. The molecule has 8 heteroatoms. The number of aromatic nitrogens is 2. The fourth-order valence-corrected chi connectivity index (χ4v) is 4.88. The van der Waals surface area contributed by atoms with Gasteiger partial charge >= 0.3 is 0 Å². The van der Waals surface area contributed by atoms with Crippen LogP contribution in [0.15, 0.2) is 36.4 Å². The topological polar surface area (TPSA) is 62.3 Å². The Labute approximate surface area is 194 Å². The van der Waals surface area contributed by atoms with Gasteiger partial charge in [-0.25, -0.2) is 4.98 Å². The first kappa shape index (κ1) is 22.2. The number of rotatable bonds is 5. The van der Waals surface area contributed by atoms with Crippen LogP contribution >= 0.6 is 23.8 Å². The highest BCUT2D eigenvalue weighted by Crippen LogP contribution is 2.34. The minimum atomic E-state index is -0.00442. The molecular formula is C23H30ClN5OS. The van der Waals surface area contributed by atoms with Crippen LogP contribution in [0.5, 0.6) is 0 Å². The number of benzene rings is 1. The van der Waals surface area contributed by atoms with E-state index in [-0.39, 0.29) is 5.41 Å². The Morgan fingerprint density at radius 2 is 2.03 bits per heavy atom. The second kappa shape index (κ2) is 10.1. The molecule has 3 heterocycles. The van der Waals surface area contributed by atoms with Gasteiger partial charge in [0.25, 0.3) is 0 Å². The van der Waals surface area contributed by atoms with Crippen molar-refractivity contribution in [2.75, 3.05) is 43.1 Å². The highest BCUT2D eigenvalue weighted by molar-refractivity contribution is 7.80. The van der Waals surface area contributed by atoms with Crippen LogP contribution in [0.2, 0.25) is 5.15 Å². The van der Waals surface area contributed by atoms with Gasteiger partial charge in [-0.2, -0.15) is 4.98 Å². The van der Waals surface area contributed by atoms with Crippen LogP contribution in [0.4, 0.5) is 11.8 Å². The Balaban J connectivity index is 1.42. The van der Waals surface area contributed by atoms with Crippen molar-refractivity contribution < 1.29 is 4.74 Å². The van der Waals surface area contributed by atoms with E-state index >= 15 is 0 Å². The molecule has 0 radical (unpaired) electrons. The second-order valence-electron chi connectivity index (χ2n) is 8.63. The van der Waals surface area contributed by atoms with E-state index in [1.54, 1.807) is 0 Å². The molecule has 0 bridgehead atoms. The molecule has 0 aliphatic carbocycles. The van der Waals surface area contributed by atoms with Crippen molar-refractivity contribution in [2.24, 2.45) is 5.92 Å². The average molecular weight is 460 g/mol. The van der Waals surface area contributed by atoms with Crippen LogP contribution in [-0.2, 0) is 10.2 Å². The largest absolute Gasteiger partial charge is 0.381 e. The van der Waals surface area contributed by atoms with Gasteiger partial charge in [0, 0.05) is 44.3 Å². The lowest BCUT2D eigenvalue weighted by atomic mass is 9.74. The van der Waals surface area contributed by atoms with Crippen molar-refractivity contribution in [3.8, 4) is 0 Å². The Morgan fingerprint density at radius 3 is 2.77 bits per heavy atom. The fraction of sp³-hybridized carbons (Fsp3) is 0.522. The summed E-state index contributed by atoms with van der Waals surface area (Å²) in [6.45, 7) is 6.48. The quantitative estimate of drug-likeness (QED) is 0.507. The number of nitrogens with zero attached hydrogens (tertiary/aromatic N) is 3. The molecule has 0 saturated carbocycles. The summed E-state index contributed by atoms with van der Waals surface area (Å²) in [4.78, 5) is 11.3. The van der Waals surface area contributed by atoms with Gasteiger partial charge in [0.1, 0.15) is 11.0 Å². The first-order valence-electron chi connectivity index (χ1n) is 11.0. The summed E-state index contributed by atoms with van der Waals surface area (Å²) < 4.78 is 5.62. The molecule has 6 nitrogen and oxygen atoms in total. The molecule has 1 aromatic heterocycles. The molecule has 0 amide bonds. The zero-order valence-corrected chi connectivity index (χ0v) is 19.5. The lowest BCUT2D eigenvalue weighted by Crippen LogP contribution is -2.45. The number of halogens is 1. The molecule has 1 atom stereocenters. The summed E-state index contributed by atoms with van der Waals surface area (Å²) in [5, 5.41) is 7.45. The maximum absolute atomic E-state index is 6.29. The molecule has 2 saturated heterocycles. The van der Waals surface area contributed by atoms with E-state index < -0.39 is 0 Å². The van der Waals surface area contributed by atoms with Crippen LogP contribution in [0, 0.1) is 5.92 Å². The maximum atomic E-state index is 6.29. The standard InChI is InChI=1S/C23H30ClN5OS/c1-17-6-5-11-29(15-17)20-14-19(24)26-21(27-20)28-22(31)25-16-23(9-12-30-13-10-23)18-7-3-2-4-8-18/h2-4,7-8,14,17H,5-6,9-13,15-16H2,1H3,(H2,25,26,27,28,31)/t17-/m0/s1. The molecule has 2 aromatic rings. The van der Waals surface area contributed by atoms with E-state index in [9.17, 15) is 0 Å². The summed E-state index contributed by atoms with van der Waals surface area (Å²) in [5.74, 6) is 1.93. The van der Waals surface area contributed by atoms with Gasteiger partial charge in [0.2, 0.25) is 5.95 Å². The van der Waals surface area contributed by atoms with Crippen molar-refractivity contribution in [3.63, 3.8) is 0 Å². The highest BCUT2D eigenvalue weighted by Gasteiger charge is 2.34. The third-order valence-corrected chi connectivity index (χ3v) is 6.75. The molecule has 2 fully saturated rings. The van der Waals surface area contributed by atoms with Gasteiger partial charge in [0.15, 0.2) is 5.11 Å². The minimum absolute atomic E-state index is 0.00442. The third-order valence-electron chi connectivity index (χ3n) is 6.31. The number of ether oxygens (including phenoxy) is 1. The van der Waals surface area contributed by atoms with Crippen molar-refractivity contribution in [1.82, 2.24) is 15.3 Å². The summed E-state index contributed by atoms with van der Waals surface area (Å²) in [6, 6.07) is 12.4. The molecule has 1 aromatic carbocycles. The van der Waals surface area contributed by atoms with E-state index in [0.29, 0.717) is 22.1 Å². The Bertz CT molecular complexity index is 891. The molecule has 166 valence electrons. The summed E-state index contributed by atoms with van der Waals surface area (Å²) in [7, 11) is 0. The van der Waals surface area contributed by atoms with Gasteiger partial charge in [-0.1, -0.05) is 48.9 Å². The van der Waals surface area contributed by atoms with Crippen molar-refractivity contribution in [3.05, 3.63) is 47.1 Å². The van der Waals surface area contributed by atoms with Gasteiger partial charge in [-0.05, 0) is 49.4 Å². The number of thiocarbonyl (C=S) groups is 1. The number of nitrogens with one attached hydrogen (secondary N) is 2. The third kappa shape index (κ3) is 5.64. The Morgan fingerprint density at radius 1 is 1.26 bits per heavy atom. The maximum Gasteiger partial charge on any atom is 0.232 e. The lowest BCUT2D eigenvalue weighted by molar-refractivity contribution is 0.0515. The molecule has 31 heavy (non-hydrogen) atoms. The van der Waals surface area contributed by atoms with E-state index in [4.69, 9.17) is 28.6 Å². The zero-order chi connectivity index (χ0) is 21.7. The van der Waals surface area contributed by atoms with Crippen molar-refractivity contribution in [1.29, 1.82) is 0 Å². The van der Waals surface area contributed by atoms with Gasteiger partial charge < -0.3 is 20.3 Å². The van der Waals surface area contributed by atoms with Gasteiger partial charge in [0.05, 0.1) is 0 Å². The lowest BCUT2D eigenvalue weighted by Gasteiger charge is -2.38. The fourth-order valence-electron chi connectivity index (χ4n) is 4.54. The average Bonchev–Trinajstić information content (AvgIpc) is 2.79. The Kier molecular flexibility index (Phi) is 7.25. The first-order valence-corrected chi connectivity index (χ1v) is 11.8. The molecule has 0 spiro atoms. The second-order valence-corrected chi connectivity index (χ2v) is 9.43. The van der Waals surface area contributed by atoms with E-state index in [2.05, 4.69) is 56.7 Å². The molecular weight excluding hydrogens is 430 g/mol. The smallest absolute Gasteiger partial charge is 0.232 e. The molecule has 2 aliphatic rings. The van der Waals surface area contributed by atoms with E-state index in [0.717, 1.165) is 57.9 Å². The molecule has 4 rings (SSSR count).